The Labute approximate surface area is 160 Å². The van der Waals surface area contributed by atoms with Gasteiger partial charge in [0.2, 0.25) is 5.91 Å². The topological polar surface area (TPSA) is 71.1 Å². The van der Waals surface area contributed by atoms with E-state index in [-0.39, 0.29) is 24.0 Å². The lowest BCUT2D eigenvalue weighted by Crippen LogP contribution is -2.45. The molecular weight excluding hydrogens is 346 g/mol. The van der Waals surface area contributed by atoms with Crippen molar-refractivity contribution >= 4 is 17.6 Å². The summed E-state index contributed by atoms with van der Waals surface area (Å²) in [5.74, 6) is 0.559. The summed E-state index contributed by atoms with van der Waals surface area (Å²) in [7, 11) is 3.49. The molecule has 3 rings (SSSR count). The summed E-state index contributed by atoms with van der Waals surface area (Å²) in [6.07, 6.45) is 3.56. The van der Waals surface area contributed by atoms with Crippen molar-refractivity contribution in [2.75, 3.05) is 45.7 Å². The number of benzene rings is 1. The van der Waals surface area contributed by atoms with Crippen molar-refractivity contribution in [1.29, 1.82) is 0 Å². The van der Waals surface area contributed by atoms with E-state index in [2.05, 4.69) is 5.32 Å². The zero-order valence-corrected chi connectivity index (χ0v) is 16.1. The van der Waals surface area contributed by atoms with Crippen LogP contribution in [0.25, 0.3) is 0 Å². The zero-order valence-electron chi connectivity index (χ0n) is 16.1. The molecule has 7 nitrogen and oxygen atoms in total. The van der Waals surface area contributed by atoms with Gasteiger partial charge in [0.25, 0.3) is 0 Å². The Kier molecular flexibility index (Phi) is 6.55. The van der Waals surface area contributed by atoms with Gasteiger partial charge in [-0.05, 0) is 37.8 Å². The van der Waals surface area contributed by atoms with E-state index in [9.17, 15) is 9.59 Å². The van der Waals surface area contributed by atoms with Crippen LogP contribution in [0.3, 0.4) is 0 Å². The molecule has 27 heavy (non-hydrogen) atoms. The maximum absolute atomic E-state index is 12.7. The van der Waals surface area contributed by atoms with Crippen molar-refractivity contribution in [1.82, 2.24) is 9.80 Å². The monoisotopic (exact) mass is 375 g/mol. The molecule has 2 heterocycles. The average Bonchev–Trinajstić information content (AvgIpc) is 3.20. The third-order valence-corrected chi connectivity index (χ3v) is 5.11. The summed E-state index contributed by atoms with van der Waals surface area (Å²) in [5, 5.41) is 3.00. The van der Waals surface area contributed by atoms with Gasteiger partial charge in [0.1, 0.15) is 12.4 Å². The van der Waals surface area contributed by atoms with Gasteiger partial charge in [-0.15, -0.1) is 0 Å². The molecule has 1 atom stereocenters. The second kappa shape index (κ2) is 9.08. The lowest BCUT2D eigenvalue weighted by Gasteiger charge is -2.33. The molecule has 1 aromatic rings. The number of urea groups is 1. The molecule has 1 N–H and O–H groups in total. The molecule has 1 aromatic carbocycles. The van der Waals surface area contributed by atoms with Gasteiger partial charge < -0.3 is 24.6 Å². The van der Waals surface area contributed by atoms with Crippen molar-refractivity contribution in [3.8, 4) is 5.75 Å². The molecule has 2 fully saturated rings. The quantitative estimate of drug-likeness (QED) is 0.859. The Morgan fingerprint density at radius 3 is 2.63 bits per heavy atom. The van der Waals surface area contributed by atoms with Gasteiger partial charge in [0.15, 0.2) is 0 Å². The Bertz CT molecular complexity index is 650. The minimum Gasteiger partial charge on any atom is -0.489 e. The average molecular weight is 375 g/mol. The third-order valence-electron chi connectivity index (χ3n) is 5.11. The molecule has 2 aliphatic heterocycles. The maximum atomic E-state index is 12.7. The van der Waals surface area contributed by atoms with E-state index >= 15 is 0 Å². The normalized spacial score (nSPS) is 20.4. The third kappa shape index (κ3) is 5.13. The molecule has 0 aromatic heterocycles. The van der Waals surface area contributed by atoms with Gasteiger partial charge >= 0.3 is 6.03 Å². The zero-order chi connectivity index (χ0) is 19.2. The van der Waals surface area contributed by atoms with Gasteiger partial charge in [-0.2, -0.15) is 0 Å². The second-order valence-electron chi connectivity index (χ2n) is 7.37. The fourth-order valence-corrected chi connectivity index (χ4v) is 3.50. The Morgan fingerprint density at radius 2 is 1.96 bits per heavy atom. The number of likely N-dealkylation sites (tertiary alicyclic amines) is 1. The van der Waals surface area contributed by atoms with E-state index in [1.54, 1.807) is 23.9 Å². The highest BCUT2D eigenvalue weighted by Crippen LogP contribution is 2.27. The van der Waals surface area contributed by atoms with Crippen molar-refractivity contribution < 1.29 is 19.1 Å². The van der Waals surface area contributed by atoms with Crippen molar-refractivity contribution in [3.05, 3.63) is 24.3 Å². The molecule has 2 aliphatic rings. The molecular formula is C20H29N3O4. The number of ether oxygens (including phenoxy) is 2. The number of amides is 3. The fraction of sp³-hybridized carbons (Fsp3) is 0.600. The number of rotatable bonds is 5. The molecule has 3 amide bonds. The largest absolute Gasteiger partial charge is 0.489 e. The van der Waals surface area contributed by atoms with Gasteiger partial charge in [-0.25, -0.2) is 4.79 Å². The standard InChI is InChI=1S/C20H29N3O4/c1-22(2)20(25)23-11-9-15(10-12-23)19(24)21-17-7-3-4-8-18(17)27-14-16-6-5-13-26-16/h3-4,7-8,15-16H,5-6,9-14H2,1-2H3,(H,21,24). The number of piperidine rings is 1. The van der Waals surface area contributed by atoms with Crippen LogP contribution >= 0.6 is 0 Å². The summed E-state index contributed by atoms with van der Waals surface area (Å²) in [6, 6.07) is 7.50. The van der Waals surface area contributed by atoms with Crippen LogP contribution in [-0.4, -0.2) is 68.2 Å². The predicted octanol–water partition coefficient (Wildman–Crippen LogP) is 2.58. The molecule has 2 saturated heterocycles. The molecule has 0 bridgehead atoms. The lowest BCUT2D eigenvalue weighted by molar-refractivity contribution is -0.121. The summed E-state index contributed by atoms with van der Waals surface area (Å²) >= 11 is 0. The summed E-state index contributed by atoms with van der Waals surface area (Å²) in [6.45, 7) is 2.50. The Hall–Kier alpha value is -2.28. The van der Waals surface area contributed by atoms with Gasteiger partial charge in [-0.1, -0.05) is 12.1 Å². The summed E-state index contributed by atoms with van der Waals surface area (Å²) in [5.41, 5.74) is 0.687. The van der Waals surface area contributed by atoms with E-state index in [4.69, 9.17) is 9.47 Å². The predicted molar refractivity (Wildman–Crippen MR) is 103 cm³/mol. The number of carbonyl (C=O) groups is 2. The lowest BCUT2D eigenvalue weighted by atomic mass is 9.96. The Balaban J connectivity index is 1.53. The van der Waals surface area contributed by atoms with Crippen LogP contribution in [-0.2, 0) is 9.53 Å². The van der Waals surface area contributed by atoms with E-state index in [0.29, 0.717) is 44.0 Å². The molecule has 0 radical (unpaired) electrons. The van der Waals surface area contributed by atoms with Crippen LogP contribution in [0.2, 0.25) is 0 Å². The highest BCUT2D eigenvalue weighted by atomic mass is 16.5. The van der Waals surface area contributed by atoms with Crippen molar-refractivity contribution in [2.45, 2.75) is 31.8 Å². The molecule has 0 aliphatic carbocycles. The van der Waals surface area contributed by atoms with E-state index in [1.807, 2.05) is 24.3 Å². The number of hydrogen-bond donors (Lipinski definition) is 1. The molecule has 1 unspecified atom stereocenters. The number of carbonyl (C=O) groups excluding carboxylic acids is 2. The highest BCUT2D eigenvalue weighted by molar-refractivity contribution is 5.94. The van der Waals surface area contributed by atoms with Crippen LogP contribution in [0.1, 0.15) is 25.7 Å². The first kappa shape index (κ1) is 19.5. The molecule has 0 spiro atoms. The van der Waals surface area contributed by atoms with Crippen LogP contribution < -0.4 is 10.1 Å². The van der Waals surface area contributed by atoms with Crippen LogP contribution in [0.15, 0.2) is 24.3 Å². The number of para-hydroxylation sites is 2. The van der Waals surface area contributed by atoms with Crippen molar-refractivity contribution in [3.63, 3.8) is 0 Å². The number of nitrogens with one attached hydrogen (secondary N) is 1. The van der Waals surface area contributed by atoms with Gasteiger partial charge in [-0.3, -0.25) is 4.79 Å². The summed E-state index contributed by atoms with van der Waals surface area (Å²) in [4.78, 5) is 28.1. The molecule has 148 valence electrons. The molecule has 7 heteroatoms. The first-order chi connectivity index (χ1) is 13.0. The number of hydrogen-bond acceptors (Lipinski definition) is 4. The van der Waals surface area contributed by atoms with E-state index in [1.165, 1.54) is 0 Å². The first-order valence-corrected chi connectivity index (χ1v) is 9.65. The smallest absolute Gasteiger partial charge is 0.319 e. The summed E-state index contributed by atoms with van der Waals surface area (Å²) < 4.78 is 11.5. The van der Waals surface area contributed by atoms with Gasteiger partial charge in [0.05, 0.1) is 11.8 Å². The highest BCUT2D eigenvalue weighted by Gasteiger charge is 2.28. The van der Waals surface area contributed by atoms with Crippen LogP contribution in [0.4, 0.5) is 10.5 Å². The van der Waals surface area contributed by atoms with Crippen LogP contribution in [0.5, 0.6) is 5.75 Å². The minimum atomic E-state index is -0.0950. The minimum absolute atomic E-state index is 0.00161. The second-order valence-corrected chi connectivity index (χ2v) is 7.37. The molecule has 0 saturated carbocycles. The van der Waals surface area contributed by atoms with Crippen molar-refractivity contribution in [2.24, 2.45) is 5.92 Å². The fourth-order valence-electron chi connectivity index (χ4n) is 3.50. The van der Waals surface area contributed by atoms with E-state index in [0.717, 1.165) is 19.4 Å². The SMILES string of the molecule is CN(C)C(=O)N1CCC(C(=O)Nc2ccccc2OCC2CCCO2)CC1. The van der Waals surface area contributed by atoms with Gasteiger partial charge in [0, 0.05) is 39.7 Å². The first-order valence-electron chi connectivity index (χ1n) is 9.65. The Morgan fingerprint density at radius 1 is 1.22 bits per heavy atom. The van der Waals surface area contributed by atoms with Crippen LogP contribution in [0, 0.1) is 5.92 Å². The number of anilines is 1. The maximum Gasteiger partial charge on any atom is 0.319 e. The number of nitrogens with zero attached hydrogens (tertiary/aromatic N) is 2. The van der Waals surface area contributed by atoms with E-state index < -0.39 is 0 Å².